The van der Waals surface area contributed by atoms with Gasteiger partial charge in [-0.3, -0.25) is 19.4 Å². The van der Waals surface area contributed by atoms with Crippen molar-refractivity contribution in [2.75, 3.05) is 12.3 Å². The number of nitrogens with one attached hydrogen (secondary N) is 2. The highest BCUT2D eigenvalue weighted by Crippen LogP contribution is 2.32. The first-order chi connectivity index (χ1) is 18.5. The molecule has 3 rings (SSSR count). The number of carbonyl (C=O) groups excluding carboxylic acids is 4. The molecule has 2 aromatic rings. The zero-order valence-corrected chi connectivity index (χ0v) is 23.8. The summed E-state index contributed by atoms with van der Waals surface area (Å²) in [6.45, 7) is 7.02. The summed E-state index contributed by atoms with van der Waals surface area (Å²) in [7, 11) is 0. The van der Waals surface area contributed by atoms with E-state index in [-0.39, 0.29) is 30.0 Å². The number of nitrogen functional groups attached to an aromatic ring is 1. The summed E-state index contributed by atoms with van der Waals surface area (Å²) in [5, 5.41) is 5.03. The van der Waals surface area contributed by atoms with Crippen molar-refractivity contribution in [3.8, 4) is 11.3 Å². The number of esters is 1. The number of anilines is 1. The Morgan fingerprint density at radius 1 is 1.13 bits per heavy atom. The van der Waals surface area contributed by atoms with E-state index in [0.29, 0.717) is 18.5 Å². The second-order valence-electron chi connectivity index (χ2n) is 10.2. The van der Waals surface area contributed by atoms with E-state index in [4.69, 9.17) is 10.5 Å². The van der Waals surface area contributed by atoms with Gasteiger partial charge in [-0.1, -0.05) is 56.7 Å². The number of benzene rings is 1. The lowest BCUT2D eigenvalue weighted by Crippen LogP contribution is -2.61. The lowest BCUT2D eigenvalue weighted by Gasteiger charge is -2.33. The highest BCUT2D eigenvalue weighted by molar-refractivity contribution is 8.14. The van der Waals surface area contributed by atoms with Crippen LogP contribution in [-0.4, -0.2) is 51.3 Å². The maximum absolute atomic E-state index is 13.7. The summed E-state index contributed by atoms with van der Waals surface area (Å²) in [6.07, 6.45) is 4.26. The number of pyridine rings is 1. The minimum Gasteiger partial charge on any atom is -0.464 e. The third kappa shape index (κ3) is 8.05. The Morgan fingerprint density at radius 3 is 2.41 bits per heavy atom. The highest BCUT2D eigenvalue weighted by atomic mass is 32.2. The van der Waals surface area contributed by atoms with Crippen LogP contribution in [0.3, 0.4) is 0 Å². The van der Waals surface area contributed by atoms with Gasteiger partial charge in [0.2, 0.25) is 11.8 Å². The Balaban J connectivity index is 1.78. The minimum absolute atomic E-state index is 0.101. The maximum atomic E-state index is 13.7. The molecule has 1 aromatic heterocycles. The molecule has 0 spiro atoms. The fourth-order valence-electron chi connectivity index (χ4n) is 4.75. The Kier molecular flexibility index (Phi) is 10.5. The molecule has 1 aliphatic carbocycles. The summed E-state index contributed by atoms with van der Waals surface area (Å²) in [5.41, 5.74) is 7.71. The number of hydrogen-bond acceptors (Lipinski definition) is 8. The van der Waals surface area contributed by atoms with E-state index in [9.17, 15) is 19.2 Å². The maximum Gasteiger partial charge on any atom is 0.328 e. The van der Waals surface area contributed by atoms with Gasteiger partial charge in [-0.05, 0) is 49.4 Å². The van der Waals surface area contributed by atoms with Gasteiger partial charge in [-0.25, -0.2) is 4.79 Å². The summed E-state index contributed by atoms with van der Waals surface area (Å²) in [6, 6.07) is 10.1. The van der Waals surface area contributed by atoms with Crippen LogP contribution in [0.25, 0.3) is 11.3 Å². The van der Waals surface area contributed by atoms with Gasteiger partial charge in [0.1, 0.15) is 11.6 Å². The van der Waals surface area contributed by atoms with Gasteiger partial charge < -0.3 is 21.1 Å². The molecule has 0 bridgehead atoms. The molecule has 2 atom stereocenters. The molecule has 210 valence electrons. The van der Waals surface area contributed by atoms with Crippen LogP contribution in [0.15, 0.2) is 42.6 Å². The average molecular weight is 555 g/mol. The second-order valence-corrected chi connectivity index (χ2v) is 11.5. The van der Waals surface area contributed by atoms with Crippen LogP contribution in [0.5, 0.6) is 0 Å². The zero-order chi connectivity index (χ0) is 28.6. The van der Waals surface area contributed by atoms with Crippen molar-refractivity contribution in [3.63, 3.8) is 0 Å². The van der Waals surface area contributed by atoms with E-state index in [1.54, 1.807) is 19.2 Å². The fourth-order valence-corrected chi connectivity index (χ4v) is 5.54. The zero-order valence-electron chi connectivity index (χ0n) is 23.0. The van der Waals surface area contributed by atoms with Gasteiger partial charge in [0.15, 0.2) is 5.12 Å². The molecule has 2 amide bonds. The quantitative estimate of drug-likeness (QED) is 0.282. The van der Waals surface area contributed by atoms with Crippen LogP contribution in [0.2, 0.25) is 0 Å². The van der Waals surface area contributed by atoms with E-state index in [2.05, 4.69) is 15.6 Å². The number of amides is 2. The molecular formula is C29H38N4O5S. The van der Waals surface area contributed by atoms with Crippen molar-refractivity contribution in [3.05, 3.63) is 48.2 Å². The van der Waals surface area contributed by atoms with Gasteiger partial charge in [0.05, 0.1) is 17.6 Å². The first-order valence-corrected chi connectivity index (χ1v) is 14.2. The lowest BCUT2D eigenvalue weighted by molar-refractivity contribution is -0.148. The molecule has 4 N–H and O–H groups in total. The molecule has 2 unspecified atom stereocenters. The topological polar surface area (TPSA) is 140 Å². The predicted octanol–water partition coefficient (Wildman–Crippen LogP) is 3.65. The number of aromatic nitrogens is 1. The van der Waals surface area contributed by atoms with Crippen molar-refractivity contribution < 1.29 is 23.9 Å². The first-order valence-electron chi connectivity index (χ1n) is 13.3. The second kappa shape index (κ2) is 13.6. The standard InChI is InChI=1S/C29H38N4O5S/c1-5-38-27(36)24(15-20-11-12-23(31-17-20)21-9-8-10-22(30)16-21)32-28(37)29(13-6-7-14-29)33-26(35)25(18(2)3)39-19(4)34/h8-12,16-18,24-25H,5-7,13-15,30H2,1-4H3,(H,32,37)(H,33,35). The van der Waals surface area contributed by atoms with Crippen LogP contribution in [0, 0.1) is 5.92 Å². The Hall–Kier alpha value is -3.40. The molecule has 9 nitrogen and oxygen atoms in total. The molecule has 1 aliphatic rings. The van der Waals surface area contributed by atoms with Crippen LogP contribution >= 0.6 is 11.8 Å². The van der Waals surface area contributed by atoms with Crippen molar-refractivity contribution in [1.29, 1.82) is 0 Å². The Labute approximate surface area is 234 Å². The number of hydrogen-bond donors (Lipinski definition) is 3. The van der Waals surface area contributed by atoms with Gasteiger partial charge in [-0.15, -0.1) is 0 Å². The van der Waals surface area contributed by atoms with E-state index in [0.717, 1.165) is 41.4 Å². The average Bonchev–Trinajstić information content (AvgIpc) is 3.36. The molecule has 0 saturated heterocycles. The monoisotopic (exact) mass is 554 g/mol. The molecule has 10 heteroatoms. The summed E-state index contributed by atoms with van der Waals surface area (Å²) < 4.78 is 5.26. The largest absolute Gasteiger partial charge is 0.464 e. The van der Waals surface area contributed by atoms with Crippen LogP contribution in [0.4, 0.5) is 5.69 Å². The van der Waals surface area contributed by atoms with Crippen molar-refractivity contribution in [1.82, 2.24) is 15.6 Å². The number of carbonyl (C=O) groups is 4. The van der Waals surface area contributed by atoms with Crippen LogP contribution < -0.4 is 16.4 Å². The molecular weight excluding hydrogens is 516 g/mol. The van der Waals surface area contributed by atoms with E-state index in [1.165, 1.54) is 6.92 Å². The number of rotatable bonds is 11. The van der Waals surface area contributed by atoms with E-state index < -0.39 is 28.7 Å². The van der Waals surface area contributed by atoms with Gasteiger partial charge in [0.25, 0.3) is 0 Å². The summed E-state index contributed by atoms with van der Waals surface area (Å²) in [4.78, 5) is 56.0. The Morgan fingerprint density at radius 2 is 1.85 bits per heavy atom. The summed E-state index contributed by atoms with van der Waals surface area (Å²) in [5.74, 6) is -1.43. The molecule has 0 radical (unpaired) electrons. The van der Waals surface area contributed by atoms with Crippen molar-refractivity contribution in [2.24, 2.45) is 5.92 Å². The molecule has 1 saturated carbocycles. The highest BCUT2D eigenvalue weighted by Gasteiger charge is 2.45. The van der Waals surface area contributed by atoms with Crippen molar-refractivity contribution in [2.45, 2.75) is 76.6 Å². The molecule has 0 aliphatic heterocycles. The molecule has 1 heterocycles. The SMILES string of the molecule is CCOC(=O)C(Cc1ccc(-c2cccc(N)c2)nc1)NC(=O)C1(NC(=O)C(SC(C)=O)C(C)C)CCCC1. The third-order valence-corrected chi connectivity index (χ3v) is 8.08. The number of nitrogens with two attached hydrogens (primary N) is 1. The summed E-state index contributed by atoms with van der Waals surface area (Å²) >= 11 is 0.966. The normalized spacial score (nSPS) is 15.8. The van der Waals surface area contributed by atoms with Crippen LogP contribution in [0.1, 0.15) is 58.9 Å². The van der Waals surface area contributed by atoms with Gasteiger partial charge in [-0.2, -0.15) is 0 Å². The van der Waals surface area contributed by atoms with Gasteiger partial charge in [0, 0.05) is 30.8 Å². The number of nitrogens with zero attached hydrogens (tertiary/aromatic N) is 1. The number of ether oxygens (including phenoxy) is 1. The first kappa shape index (κ1) is 30.1. The van der Waals surface area contributed by atoms with E-state index >= 15 is 0 Å². The van der Waals surface area contributed by atoms with Gasteiger partial charge >= 0.3 is 5.97 Å². The smallest absolute Gasteiger partial charge is 0.328 e. The molecule has 1 aromatic carbocycles. The van der Waals surface area contributed by atoms with Crippen LogP contribution in [-0.2, 0) is 30.3 Å². The predicted molar refractivity (Wildman–Crippen MR) is 153 cm³/mol. The lowest BCUT2D eigenvalue weighted by atomic mass is 9.94. The van der Waals surface area contributed by atoms with Crippen molar-refractivity contribution >= 4 is 40.3 Å². The Bertz CT molecular complexity index is 1180. The molecule has 1 fully saturated rings. The minimum atomic E-state index is -1.15. The fraction of sp³-hybridized carbons (Fsp3) is 0.483. The van der Waals surface area contributed by atoms with E-state index in [1.807, 2.05) is 44.2 Å². The third-order valence-electron chi connectivity index (χ3n) is 6.73. The molecule has 39 heavy (non-hydrogen) atoms. The number of thioether (sulfide) groups is 1.